The van der Waals surface area contributed by atoms with Crippen LogP contribution in [0.1, 0.15) is 5.56 Å². The van der Waals surface area contributed by atoms with E-state index < -0.39 is 0 Å². The Bertz CT molecular complexity index is 473. The fourth-order valence-corrected chi connectivity index (χ4v) is 1.16. The highest BCUT2D eigenvalue weighted by atomic mass is 16.5. The van der Waals surface area contributed by atoms with Gasteiger partial charge in [-0.2, -0.15) is 0 Å². The zero-order valence-corrected chi connectivity index (χ0v) is 6.57. The van der Waals surface area contributed by atoms with E-state index in [1.165, 1.54) is 0 Å². The fourth-order valence-electron chi connectivity index (χ4n) is 1.16. The van der Waals surface area contributed by atoms with Crippen LogP contribution in [0.4, 0.5) is 0 Å². The van der Waals surface area contributed by atoms with Gasteiger partial charge in [-0.05, 0) is 19.1 Å². The van der Waals surface area contributed by atoms with Crippen molar-refractivity contribution < 1.29 is 4.52 Å². The Morgan fingerprint density at radius 2 is 2.25 bits per heavy atom. The van der Waals surface area contributed by atoms with Gasteiger partial charge in [0.2, 0.25) is 0 Å². The molecular formula is C9H7NO2. The van der Waals surface area contributed by atoms with Crippen molar-refractivity contribution in [1.29, 1.82) is 0 Å². The van der Waals surface area contributed by atoms with Gasteiger partial charge in [0.25, 0.3) is 0 Å². The van der Waals surface area contributed by atoms with Crippen LogP contribution in [-0.4, -0.2) is 5.16 Å². The van der Waals surface area contributed by atoms with E-state index in [1.807, 2.05) is 19.1 Å². The first-order valence-corrected chi connectivity index (χ1v) is 3.63. The molecule has 3 nitrogen and oxygen atoms in total. The second-order valence-electron chi connectivity index (χ2n) is 2.70. The summed E-state index contributed by atoms with van der Waals surface area (Å²) in [5.74, 6) is 0. The van der Waals surface area contributed by atoms with E-state index in [1.54, 1.807) is 12.3 Å². The van der Waals surface area contributed by atoms with Crippen LogP contribution in [0.3, 0.4) is 0 Å². The first-order chi connectivity index (χ1) is 5.77. The molecule has 0 aliphatic heterocycles. The highest BCUT2D eigenvalue weighted by Crippen LogP contribution is 2.09. The first kappa shape index (κ1) is 7.03. The number of rotatable bonds is 0. The molecule has 3 heteroatoms. The Hall–Kier alpha value is -1.64. The van der Waals surface area contributed by atoms with Crippen molar-refractivity contribution in [3.63, 3.8) is 0 Å². The summed E-state index contributed by atoms with van der Waals surface area (Å²) in [4.78, 5) is 11.1. The van der Waals surface area contributed by atoms with Crippen LogP contribution in [0.5, 0.6) is 0 Å². The highest BCUT2D eigenvalue weighted by Gasteiger charge is 1.98. The zero-order valence-electron chi connectivity index (χ0n) is 6.57. The molecule has 2 aromatic rings. The number of nitrogens with zero attached hydrogens (tertiary/aromatic N) is 1. The average molecular weight is 161 g/mol. The quantitative estimate of drug-likeness (QED) is 0.588. The van der Waals surface area contributed by atoms with Gasteiger partial charge in [0.15, 0.2) is 0 Å². The number of hydrogen-bond donors (Lipinski definition) is 0. The van der Waals surface area contributed by atoms with Crippen LogP contribution in [0.15, 0.2) is 33.7 Å². The predicted octanol–water partition coefficient (Wildman–Crippen LogP) is 1.50. The third-order valence-electron chi connectivity index (χ3n) is 1.75. The predicted molar refractivity (Wildman–Crippen MR) is 45.0 cm³/mol. The van der Waals surface area contributed by atoms with Gasteiger partial charge in [-0.3, -0.25) is 0 Å². The van der Waals surface area contributed by atoms with Crippen molar-refractivity contribution in [2.45, 2.75) is 6.92 Å². The van der Waals surface area contributed by atoms with E-state index in [0.717, 1.165) is 10.9 Å². The minimum absolute atomic E-state index is 0.382. The van der Waals surface area contributed by atoms with E-state index >= 15 is 0 Å². The molecule has 2 rings (SSSR count). The maximum atomic E-state index is 11.1. The summed E-state index contributed by atoms with van der Waals surface area (Å²) in [6.07, 6.45) is 1.55. The lowest BCUT2D eigenvalue weighted by atomic mass is 10.1. The lowest BCUT2D eigenvalue weighted by Gasteiger charge is -1.94. The maximum absolute atomic E-state index is 11.1. The third kappa shape index (κ3) is 0.993. The summed E-state index contributed by atoms with van der Waals surface area (Å²) >= 11 is 0. The number of hydrogen-bond acceptors (Lipinski definition) is 3. The average Bonchev–Trinajstić information content (AvgIpc) is 2.04. The summed E-state index contributed by atoms with van der Waals surface area (Å²) in [7, 11) is 0. The summed E-state index contributed by atoms with van der Waals surface area (Å²) in [6, 6.07) is 5.52. The molecule has 1 aromatic carbocycles. The van der Waals surface area contributed by atoms with E-state index in [0.29, 0.717) is 5.39 Å². The number of aryl methyl sites for hydroxylation is 1. The maximum Gasteiger partial charge on any atom is 0.366 e. The van der Waals surface area contributed by atoms with E-state index in [-0.39, 0.29) is 5.63 Å². The Morgan fingerprint density at radius 3 is 3.08 bits per heavy atom. The van der Waals surface area contributed by atoms with Crippen LogP contribution in [-0.2, 0) is 0 Å². The second-order valence-corrected chi connectivity index (χ2v) is 2.70. The molecule has 0 fully saturated rings. The minimum atomic E-state index is -0.382. The van der Waals surface area contributed by atoms with Crippen molar-refractivity contribution in [2.24, 2.45) is 0 Å². The van der Waals surface area contributed by atoms with Gasteiger partial charge in [0, 0.05) is 5.39 Å². The van der Waals surface area contributed by atoms with Crippen LogP contribution in [0.25, 0.3) is 10.8 Å². The molecule has 0 saturated heterocycles. The zero-order chi connectivity index (χ0) is 8.55. The summed E-state index contributed by atoms with van der Waals surface area (Å²) in [6.45, 7) is 1.97. The molecule has 0 spiro atoms. The number of fused-ring (bicyclic) bond motifs is 1. The van der Waals surface area contributed by atoms with Gasteiger partial charge in [-0.25, -0.2) is 4.79 Å². The van der Waals surface area contributed by atoms with Gasteiger partial charge in [0.1, 0.15) is 0 Å². The van der Waals surface area contributed by atoms with Crippen LogP contribution < -0.4 is 5.63 Å². The Balaban J connectivity index is 2.96. The van der Waals surface area contributed by atoms with Gasteiger partial charge in [-0.15, -0.1) is 0 Å². The van der Waals surface area contributed by atoms with Crippen molar-refractivity contribution >= 4 is 10.8 Å². The largest absolute Gasteiger partial charge is 0.366 e. The van der Waals surface area contributed by atoms with Crippen molar-refractivity contribution in [2.75, 3.05) is 0 Å². The highest BCUT2D eigenvalue weighted by molar-refractivity contribution is 5.80. The standard InChI is InChI=1S/C9H7NO2/c1-6-2-3-8-7(4-6)5-10-12-9(8)11/h2-5H,1H3. The number of benzene rings is 1. The smallest absolute Gasteiger partial charge is 0.313 e. The molecule has 0 unspecified atom stereocenters. The van der Waals surface area contributed by atoms with E-state index in [9.17, 15) is 4.79 Å². The molecule has 0 atom stereocenters. The van der Waals surface area contributed by atoms with Crippen molar-refractivity contribution in [3.05, 3.63) is 40.4 Å². The van der Waals surface area contributed by atoms with Gasteiger partial charge in [-0.1, -0.05) is 16.8 Å². The fraction of sp³-hybridized carbons (Fsp3) is 0.111. The molecule has 0 N–H and O–H groups in total. The molecule has 0 aliphatic carbocycles. The van der Waals surface area contributed by atoms with Crippen LogP contribution >= 0.6 is 0 Å². The molecule has 1 heterocycles. The first-order valence-electron chi connectivity index (χ1n) is 3.63. The van der Waals surface area contributed by atoms with Crippen molar-refractivity contribution in [3.8, 4) is 0 Å². The molecule has 0 aliphatic rings. The summed E-state index contributed by atoms with van der Waals surface area (Å²) < 4.78 is 4.47. The molecule has 60 valence electrons. The molecular weight excluding hydrogens is 154 g/mol. The molecule has 0 radical (unpaired) electrons. The molecule has 12 heavy (non-hydrogen) atoms. The van der Waals surface area contributed by atoms with Gasteiger partial charge in [0.05, 0.1) is 11.6 Å². The topological polar surface area (TPSA) is 43.1 Å². The van der Waals surface area contributed by atoms with Crippen LogP contribution in [0, 0.1) is 6.92 Å². The van der Waals surface area contributed by atoms with E-state index in [2.05, 4.69) is 9.68 Å². The molecule has 0 bridgehead atoms. The minimum Gasteiger partial charge on any atom is -0.313 e. The Kier molecular flexibility index (Phi) is 1.43. The normalized spacial score (nSPS) is 10.4. The third-order valence-corrected chi connectivity index (χ3v) is 1.75. The number of aromatic nitrogens is 1. The summed E-state index contributed by atoms with van der Waals surface area (Å²) in [5.41, 5.74) is 0.724. The molecule has 1 aromatic heterocycles. The Labute approximate surface area is 68.6 Å². The molecule has 0 saturated carbocycles. The van der Waals surface area contributed by atoms with Crippen molar-refractivity contribution in [1.82, 2.24) is 5.16 Å². The molecule has 0 amide bonds. The lowest BCUT2D eigenvalue weighted by Crippen LogP contribution is -1.99. The monoisotopic (exact) mass is 161 g/mol. The van der Waals surface area contributed by atoms with Crippen LogP contribution in [0.2, 0.25) is 0 Å². The SMILES string of the molecule is Cc1ccc2c(=O)oncc2c1. The van der Waals surface area contributed by atoms with E-state index in [4.69, 9.17) is 0 Å². The Morgan fingerprint density at radius 1 is 1.42 bits per heavy atom. The van der Waals surface area contributed by atoms with Gasteiger partial charge < -0.3 is 4.52 Å². The lowest BCUT2D eigenvalue weighted by molar-refractivity contribution is 0.377. The summed E-state index contributed by atoms with van der Waals surface area (Å²) in [5, 5.41) is 4.87. The second kappa shape index (κ2) is 2.44. The van der Waals surface area contributed by atoms with Gasteiger partial charge >= 0.3 is 5.63 Å².